The van der Waals surface area contributed by atoms with Gasteiger partial charge >= 0.3 is 5.96 Å². The summed E-state index contributed by atoms with van der Waals surface area (Å²) in [6.45, 7) is 2.89. The smallest absolute Gasteiger partial charge is 0.309 e. The first kappa shape index (κ1) is 40.8. The maximum Gasteiger partial charge on any atom is 0.325 e. The number of nitrogens with zero attached hydrogens (tertiary/aromatic N) is 5. The second-order valence-electron chi connectivity index (χ2n) is 18.5. The monoisotopic (exact) mass is 911 g/mol. The highest BCUT2D eigenvalue weighted by molar-refractivity contribution is 6.26. The van der Waals surface area contributed by atoms with Gasteiger partial charge in [-0.05, 0) is 83.8 Å². The van der Waals surface area contributed by atoms with Gasteiger partial charge in [0.05, 0.1) is 28.6 Å². The van der Waals surface area contributed by atoms with Crippen molar-refractivity contribution in [1.82, 2.24) is 19.0 Å². The van der Waals surface area contributed by atoms with Gasteiger partial charge in [0.15, 0.2) is 0 Å². The standard InChI is InChI=1S/C65H46N6/c1-2-68-64(48-24-18-25-49(42-48)69-57-31-13-9-27-51(57)52-28-10-14-32-58(52)69)66-63(46-37-35-45(36-38-46)43-19-5-3-6-20-43)67-65(68)71-60-34-16-12-30-54(60)56-40-39-55-53-29-11-15-33-59(53)70(61(55)62(56)71)50-26-17-23-47(41-50)44-21-7-4-8-22-44/h3-42,63H,2H2,1H3/p+1. The van der Waals surface area contributed by atoms with E-state index in [1.165, 1.54) is 65.6 Å². The number of hydrogen-bond donors (Lipinski definition) is 1. The van der Waals surface area contributed by atoms with Gasteiger partial charge in [-0.1, -0.05) is 188 Å². The van der Waals surface area contributed by atoms with E-state index in [1.54, 1.807) is 0 Å². The van der Waals surface area contributed by atoms with E-state index < -0.39 is 6.17 Å². The second-order valence-corrected chi connectivity index (χ2v) is 18.5. The summed E-state index contributed by atoms with van der Waals surface area (Å²) in [6.07, 6.45) is -0.409. The molecule has 1 unspecified atom stereocenters. The van der Waals surface area contributed by atoms with Crippen molar-refractivity contribution in [3.05, 3.63) is 254 Å². The Morgan fingerprint density at radius 3 is 1.38 bits per heavy atom. The Hall–Kier alpha value is -9.26. The van der Waals surface area contributed by atoms with E-state index >= 15 is 0 Å². The maximum atomic E-state index is 5.73. The van der Waals surface area contributed by atoms with Crippen LogP contribution >= 0.6 is 0 Å². The van der Waals surface area contributed by atoms with Crippen LogP contribution in [0.2, 0.25) is 0 Å². The first-order chi connectivity index (χ1) is 35.2. The summed E-state index contributed by atoms with van der Waals surface area (Å²) in [7, 11) is 0. The fourth-order valence-corrected chi connectivity index (χ4v) is 11.3. The molecule has 0 amide bonds. The Bertz CT molecular complexity index is 4230. The van der Waals surface area contributed by atoms with E-state index in [4.69, 9.17) is 4.99 Å². The summed E-state index contributed by atoms with van der Waals surface area (Å²) in [5.41, 5.74) is 15.9. The van der Waals surface area contributed by atoms with Crippen molar-refractivity contribution < 1.29 is 4.58 Å². The fraction of sp³-hybridized carbons (Fsp3) is 0.0462. The molecule has 0 bridgehead atoms. The molecule has 14 rings (SSSR count). The maximum absolute atomic E-state index is 5.73. The molecule has 1 atom stereocenters. The molecule has 0 saturated heterocycles. The van der Waals surface area contributed by atoms with Crippen LogP contribution < -0.4 is 5.32 Å². The zero-order valence-corrected chi connectivity index (χ0v) is 39.1. The van der Waals surface area contributed by atoms with Gasteiger partial charge in [-0.25, -0.2) is 9.14 Å². The minimum Gasteiger partial charge on any atom is -0.309 e. The Morgan fingerprint density at radius 1 is 0.380 bits per heavy atom. The number of rotatable bonds is 7. The molecule has 71 heavy (non-hydrogen) atoms. The number of aliphatic imine (C=N–C) groups is 1. The number of para-hydroxylation sites is 4. The van der Waals surface area contributed by atoms with Crippen molar-refractivity contribution in [2.75, 3.05) is 6.54 Å². The quantitative estimate of drug-likeness (QED) is 0.159. The fourth-order valence-electron chi connectivity index (χ4n) is 11.3. The van der Waals surface area contributed by atoms with Crippen molar-refractivity contribution in [3.8, 4) is 33.6 Å². The Morgan fingerprint density at radius 2 is 0.803 bits per heavy atom. The molecule has 1 aliphatic rings. The summed E-state index contributed by atoms with van der Waals surface area (Å²) in [4.78, 5) is 5.73. The van der Waals surface area contributed by atoms with Crippen LogP contribution in [-0.4, -0.2) is 36.6 Å². The van der Waals surface area contributed by atoms with Gasteiger partial charge in [-0.15, -0.1) is 4.99 Å². The van der Waals surface area contributed by atoms with Gasteiger partial charge in [0.1, 0.15) is 11.0 Å². The number of amidine groups is 1. The van der Waals surface area contributed by atoms with E-state index in [-0.39, 0.29) is 0 Å². The number of fused-ring (bicyclic) bond motifs is 10. The summed E-state index contributed by atoms with van der Waals surface area (Å²) in [6, 6.07) is 87.9. The van der Waals surface area contributed by atoms with Crippen LogP contribution in [0.1, 0.15) is 24.2 Å². The predicted molar refractivity (Wildman–Crippen MR) is 295 cm³/mol. The SMILES string of the molecule is CC[N+]1=C(n2c3ccccc3c3ccc4c5ccccc5n(-c5cccc(-c6ccccc6)c5)c4c32)NC(c2ccc(-c3ccccc3)cc2)N=C1c1cccc(-n2c3ccccc3c3ccccc32)c1. The van der Waals surface area contributed by atoms with E-state index in [0.717, 1.165) is 56.4 Å². The van der Waals surface area contributed by atoms with Gasteiger partial charge in [0.2, 0.25) is 12.0 Å². The topological polar surface area (TPSA) is 42.2 Å². The van der Waals surface area contributed by atoms with Crippen LogP contribution in [0.25, 0.3) is 99.0 Å². The molecule has 6 heteroatoms. The Kier molecular flexibility index (Phi) is 9.46. The van der Waals surface area contributed by atoms with Gasteiger partial charge in [0.25, 0.3) is 0 Å². The van der Waals surface area contributed by atoms with Crippen LogP contribution in [-0.2, 0) is 0 Å². The molecule has 13 aromatic rings. The molecular weight excluding hydrogens is 865 g/mol. The molecule has 0 saturated carbocycles. The van der Waals surface area contributed by atoms with E-state index in [0.29, 0.717) is 6.54 Å². The minimum atomic E-state index is -0.409. The molecule has 1 N–H and O–H groups in total. The molecule has 0 spiro atoms. The highest BCUT2D eigenvalue weighted by atomic mass is 15.4. The van der Waals surface area contributed by atoms with E-state index in [1.807, 2.05) is 0 Å². The van der Waals surface area contributed by atoms with Crippen molar-refractivity contribution in [2.45, 2.75) is 13.1 Å². The molecule has 4 heterocycles. The lowest BCUT2D eigenvalue weighted by Gasteiger charge is -2.25. The third-order valence-corrected chi connectivity index (χ3v) is 14.5. The Balaban J connectivity index is 1.04. The summed E-state index contributed by atoms with van der Waals surface area (Å²) < 4.78 is 9.75. The number of nitrogens with one attached hydrogen (secondary N) is 1. The van der Waals surface area contributed by atoms with Crippen molar-refractivity contribution in [3.63, 3.8) is 0 Å². The van der Waals surface area contributed by atoms with Gasteiger partial charge in [0, 0.05) is 54.8 Å². The normalized spacial score (nSPS) is 14.0. The first-order valence-corrected chi connectivity index (χ1v) is 24.5. The van der Waals surface area contributed by atoms with Crippen LogP contribution in [0, 0.1) is 0 Å². The van der Waals surface area contributed by atoms with E-state index in [2.05, 4.69) is 273 Å². The number of hydrogen-bond acceptors (Lipinski definition) is 2. The second kappa shape index (κ2) is 16.5. The lowest BCUT2D eigenvalue weighted by atomic mass is 10.0. The zero-order valence-electron chi connectivity index (χ0n) is 39.1. The molecule has 336 valence electrons. The zero-order chi connectivity index (χ0) is 47.0. The third-order valence-electron chi connectivity index (χ3n) is 14.5. The van der Waals surface area contributed by atoms with Crippen LogP contribution in [0.4, 0.5) is 0 Å². The van der Waals surface area contributed by atoms with E-state index in [9.17, 15) is 0 Å². The molecule has 1 aliphatic heterocycles. The molecule has 0 aliphatic carbocycles. The van der Waals surface area contributed by atoms with Crippen molar-refractivity contribution in [2.24, 2.45) is 4.99 Å². The third kappa shape index (κ3) is 6.49. The Labute approximate surface area is 410 Å². The van der Waals surface area contributed by atoms with Crippen molar-refractivity contribution >= 4 is 77.2 Å². The number of benzene rings is 10. The average Bonchev–Trinajstić information content (AvgIpc) is 4.09. The lowest BCUT2D eigenvalue weighted by molar-refractivity contribution is -0.410. The highest BCUT2D eigenvalue weighted by Gasteiger charge is 2.35. The van der Waals surface area contributed by atoms with Crippen LogP contribution in [0.3, 0.4) is 0 Å². The highest BCUT2D eigenvalue weighted by Crippen LogP contribution is 2.42. The summed E-state index contributed by atoms with van der Waals surface area (Å²) in [5.74, 6) is 1.85. The molecule has 6 nitrogen and oxygen atoms in total. The number of aromatic nitrogens is 3. The largest absolute Gasteiger partial charge is 0.325 e. The van der Waals surface area contributed by atoms with Gasteiger partial charge in [-0.2, -0.15) is 0 Å². The minimum absolute atomic E-state index is 0.409. The van der Waals surface area contributed by atoms with Crippen LogP contribution in [0.5, 0.6) is 0 Å². The molecule has 0 fully saturated rings. The molecule has 0 radical (unpaired) electrons. The molecule has 3 aromatic heterocycles. The van der Waals surface area contributed by atoms with Crippen LogP contribution in [0.15, 0.2) is 248 Å². The summed E-state index contributed by atoms with van der Waals surface area (Å²) >= 11 is 0. The van der Waals surface area contributed by atoms with Gasteiger partial charge < -0.3 is 9.13 Å². The molecule has 10 aromatic carbocycles. The first-order valence-electron chi connectivity index (χ1n) is 24.5. The average molecular weight is 912 g/mol. The summed E-state index contributed by atoms with van der Waals surface area (Å²) in [5, 5.41) is 11.3. The molecular formula is C65H47N6+. The lowest BCUT2D eigenvalue weighted by Crippen LogP contribution is -2.47. The van der Waals surface area contributed by atoms with Crippen molar-refractivity contribution in [1.29, 1.82) is 0 Å². The predicted octanol–water partition coefficient (Wildman–Crippen LogP) is 15.3. The van der Waals surface area contributed by atoms with Gasteiger partial charge in [-0.3, -0.25) is 5.32 Å².